The molecule has 1 rings (SSSR count). The number of carbonyl (C=O) groups is 2. The molecule has 1 atom stereocenters. The number of rotatable bonds is 4. The maximum Gasteiger partial charge on any atom is 0.306 e. The summed E-state index contributed by atoms with van der Waals surface area (Å²) >= 11 is 0. The number of carbonyl (C=O) groups excluding carboxylic acids is 2. The standard InChI is InChI=1S/C15H20O3/c1-15(2,3)14(17)12(10-13(16)18-4)11-8-6-5-7-9-11/h5-9,12H,10H2,1-4H3. The molecule has 0 aliphatic heterocycles. The maximum atomic E-state index is 12.4. The largest absolute Gasteiger partial charge is 0.469 e. The monoisotopic (exact) mass is 248 g/mol. The van der Waals surface area contributed by atoms with E-state index in [-0.39, 0.29) is 18.2 Å². The van der Waals surface area contributed by atoms with Gasteiger partial charge in [-0.05, 0) is 5.56 Å². The number of hydrogen-bond donors (Lipinski definition) is 0. The average molecular weight is 248 g/mol. The van der Waals surface area contributed by atoms with Crippen LogP contribution in [0.15, 0.2) is 30.3 Å². The highest BCUT2D eigenvalue weighted by atomic mass is 16.5. The first kappa shape index (κ1) is 14.4. The summed E-state index contributed by atoms with van der Waals surface area (Å²) in [5.74, 6) is -0.737. The van der Waals surface area contributed by atoms with Crippen LogP contribution in [0.4, 0.5) is 0 Å². The van der Waals surface area contributed by atoms with E-state index in [2.05, 4.69) is 4.74 Å². The fourth-order valence-electron chi connectivity index (χ4n) is 1.82. The summed E-state index contributed by atoms with van der Waals surface area (Å²) in [6, 6.07) is 9.37. The molecule has 98 valence electrons. The number of ether oxygens (including phenoxy) is 1. The van der Waals surface area contributed by atoms with E-state index in [1.54, 1.807) is 0 Å². The maximum absolute atomic E-state index is 12.4. The third-order valence-electron chi connectivity index (χ3n) is 2.86. The topological polar surface area (TPSA) is 43.4 Å². The van der Waals surface area contributed by atoms with Gasteiger partial charge in [0.15, 0.2) is 0 Å². The molecule has 1 unspecified atom stereocenters. The van der Waals surface area contributed by atoms with Crippen LogP contribution >= 0.6 is 0 Å². The van der Waals surface area contributed by atoms with Gasteiger partial charge in [-0.25, -0.2) is 0 Å². The third-order valence-corrected chi connectivity index (χ3v) is 2.86. The number of hydrogen-bond acceptors (Lipinski definition) is 3. The molecule has 0 amide bonds. The first-order valence-corrected chi connectivity index (χ1v) is 6.02. The van der Waals surface area contributed by atoms with Crippen molar-refractivity contribution in [3.8, 4) is 0 Å². The average Bonchev–Trinajstić information content (AvgIpc) is 2.34. The van der Waals surface area contributed by atoms with E-state index in [9.17, 15) is 9.59 Å². The summed E-state index contributed by atoms with van der Waals surface area (Å²) in [5.41, 5.74) is 0.386. The molecule has 0 heterocycles. The molecule has 0 aliphatic rings. The predicted molar refractivity (Wildman–Crippen MR) is 70.3 cm³/mol. The Hall–Kier alpha value is -1.64. The lowest BCUT2D eigenvalue weighted by Gasteiger charge is -2.24. The molecular weight excluding hydrogens is 228 g/mol. The van der Waals surface area contributed by atoms with Crippen molar-refractivity contribution in [1.82, 2.24) is 0 Å². The van der Waals surface area contributed by atoms with Gasteiger partial charge in [-0.1, -0.05) is 51.1 Å². The van der Waals surface area contributed by atoms with Crippen molar-refractivity contribution in [2.75, 3.05) is 7.11 Å². The molecule has 0 saturated carbocycles. The second-order valence-electron chi connectivity index (χ2n) is 5.36. The van der Waals surface area contributed by atoms with Gasteiger partial charge in [0, 0.05) is 5.41 Å². The minimum atomic E-state index is -0.478. The summed E-state index contributed by atoms with van der Waals surface area (Å²) in [4.78, 5) is 23.9. The van der Waals surface area contributed by atoms with Crippen molar-refractivity contribution in [2.24, 2.45) is 5.41 Å². The van der Waals surface area contributed by atoms with Crippen LogP contribution in [0.25, 0.3) is 0 Å². The molecule has 1 aromatic carbocycles. The van der Waals surface area contributed by atoms with E-state index in [1.807, 2.05) is 51.1 Å². The van der Waals surface area contributed by atoms with Gasteiger partial charge in [-0.3, -0.25) is 9.59 Å². The van der Waals surface area contributed by atoms with Gasteiger partial charge in [0.2, 0.25) is 0 Å². The van der Waals surface area contributed by atoms with Crippen LogP contribution in [0, 0.1) is 5.41 Å². The summed E-state index contributed by atoms with van der Waals surface area (Å²) in [7, 11) is 1.34. The molecule has 18 heavy (non-hydrogen) atoms. The summed E-state index contributed by atoms with van der Waals surface area (Å²) in [6.45, 7) is 5.59. The quantitative estimate of drug-likeness (QED) is 0.769. The van der Waals surface area contributed by atoms with Gasteiger partial charge in [0.05, 0.1) is 19.4 Å². The van der Waals surface area contributed by atoms with Crippen molar-refractivity contribution < 1.29 is 14.3 Å². The molecular formula is C15H20O3. The third kappa shape index (κ3) is 3.69. The SMILES string of the molecule is COC(=O)CC(C(=O)C(C)(C)C)c1ccccc1. The molecule has 0 aliphatic carbocycles. The van der Waals surface area contributed by atoms with Crippen molar-refractivity contribution in [1.29, 1.82) is 0 Å². The van der Waals surface area contributed by atoms with Gasteiger partial charge in [-0.2, -0.15) is 0 Å². The van der Waals surface area contributed by atoms with E-state index in [1.165, 1.54) is 7.11 Å². The first-order valence-electron chi connectivity index (χ1n) is 6.02. The van der Waals surface area contributed by atoms with E-state index >= 15 is 0 Å². The minimum Gasteiger partial charge on any atom is -0.469 e. The van der Waals surface area contributed by atoms with Crippen molar-refractivity contribution >= 4 is 11.8 Å². The highest BCUT2D eigenvalue weighted by Gasteiger charge is 2.32. The first-order chi connectivity index (χ1) is 8.36. The molecule has 0 radical (unpaired) electrons. The highest BCUT2D eigenvalue weighted by Crippen LogP contribution is 2.30. The molecule has 3 heteroatoms. The van der Waals surface area contributed by atoms with Crippen LogP contribution in [-0.2, 0) is 14.3 Å². The Morgan fingerprint density at radius 2 is 1.72 bits per heavy atom. The second-order valence-corrected chi connectivity index (χ2v) is 5.36. The molecule has 0 saturated heterocycles. The van der Waals surface area contributed by atoms with E-state index in [0.717, 1.165) is 5.56 Å². The Balaban J connectivity index is 3.04. The zero-order chi connectivity index (χ0) is 13.8. The Bertz CT molecular complexity index is 415. The Morgan fingerprint density at radius 3 is 2.17 bits per heavy atom. The van der Waals surface area contributed by atoms with Gasteiger partial charge >= 0.3 is 5.97 Å². The lowest BCUT2D eigenvalue weighted by atomic mass is 9.78. The van der Waals surface area contributed by atoms with Gasteiger partial charge in [0.1, 0.15) is 5.78 Å². The second kappa shape index (κ2) is 5.80. The molecule has 0 N–H and O–H groups in total. The fourth-order valence-corrected chi connectivity index (χ4v) is 1.82. The Labute approximate surface area is 108 Å². The van der Waals surface area contributed by atoms with Crippen LogP contribution in [0.5, 0.6) is 0 Å². The van der Waals surface area contributed by atoms with Crippen LogP contribution < -0.4 is 0 Å². The highest BCUT2D eigenvalue weighted by molar-refractivity contribution is 5.93. The molecule has 0 spiro atoms. The number of ketones is 1. The summed E-state index contributed by atoms with van der Waals surface area (Å²) in [6.07, 6.45) is 0.0939. The van der Waals surface area contributed by atoms with E-state index in [4.69, 9.17) is 0 Å². The van der Waals surface area contributed by atoms with Crippen LogP contribution in [0.3, 0.4) is 0 Å². The van der Waals surface area contributed by atoms with Gasteiger partial charge in [0.25, 0.3) is 0 Å². The molecule has 3 nitrogen and oxygen atoms in total. The van der Waals surface area contributed by atoms with E-state index in [0.29, 0.717) is 0 Å². The summed E-state index contributed by atoms with van der Waals surface area (Å²) < 4.78 is 4.67. The van der Waals surface area contributed by atoms with Gasteiger partial charge in [-0.15, -0.1) is 0 Å². The Morgan fingerprint density at radius 1 is 1.17 bits per heavy atom. The molecule has 0 aromatic heterocycles. The number of methoxy groups -OCH3 is 1. The summed E-state index contributed by atoms with van der Waals surface area (Å²) in [5, 5.41) is 0. The van der Waals surface area contributed by atoms with Crippen molar-refractivity contribution in [3.05, 3.63) is 35.9 Å². The predicted octanol–water partition coefficient (Wildman–Crippen LogP) is 2.95. The zero-order valence-corrected chi connectivity index (χ0v) is 11.4. The zero-order valence-electron chi connectivity index (χ0n) is 11.4. The van der Waals surface area contributed by atoms with Crippen LogP contribution in [0.1, 0.15) is 38.7 Å². The normalized spacial score (nSPS) is 12.9. The molecule has 0 bridgehead atoms. The van der Waals surface area contributed by atoms with Crippen LogP contribution in [0.2, 0.25) is 0 Å². The van der Waals surface area contributed by atoms with E-state index < -0.39 is 11.3 Å². The van der Waals surface area contributed by atoms with Crippen molar-refractivity contribution in [2.45, 2.75) is 33.1 Å². The van der Waals surface area contributed by atoms with Crippen LogP contribution in [-0.4, -0.2) is 18.9 Å². The lowest BCUT2D eigenvalue weighted by Crippen LogP contribution is -2.28. The number of Topliss-reactive ketones (excluding diaryl/α,β-unsaturated/α-hetero) is 1. The Kier molecular flexibility index (Phi) is 4.65. The fraction of sp³-hybridized carbons (Fsp3) is 0.467. The smallest absolute Gasteiger partial charge is 0.306 e. The van der Waals surface area contributed by atoms with Gasteiger partial charge < -0.3 is 4.74 Å². The van der Waals surface area contributed by atoms with Crippen molar-refractivity contribution in [3.63, 3.8) is 0 Å². The minimum absolute atomic E-state index is 0.0547. The number of esters is 1. The molecule has 1 aromatic rings. The number of benzene rings is 1. The molecule has 0 fully saturated rings. The lowest BCUT2D eigenvalue weighted by molar-refractivity contribution is -0.143.